The Hall–Kier alpha value is -2.22. The van der Waals surface area contributed by atoms with Gasteiger partial charge in [-0.2, -0.15) is 0 Å². The first-order valence-corrected chi connectivity index (χ1v) is 14.6. The molecule has 3 aliphatic rings. The normalized spacial score (nSPS) is 27.1. The summed E-state index contributed by atoms with van der Waals surface area (Å²) in [5.41, 5.74) is 0.548. The van der Waals surface area contributed by atoms with Gasteiger partial charge in [-0.15, -0.1) is 11.3 Å². The maximum absolute atomic E-state index is 14.0. The van der Waals surface area contributed by atoms with Crippen molar-refractivity contribution in [2.75, 3.05) is 24.7 Å². The number of amides is 1. The van der Waals surface area contributed by atoms with Crippen LogP contribution in [-0.4, -0.2) is 65.1 Å². The Labute approximate surface area is 235 Å². The molecule has 1 saturated carbocycles. The van der Waals surface area contributed by atoms with Crippen molar-refractivity contribution in [3.63, 3.8) is 0 Å². The Kier molecular flexibility index (Phi) is 10.4. The van der Waals surface area contributed by atoms with E-state index >= 15 is 0 Å². The lowest BCUT2D eigenvalue weighted by Crippen LogP contribution is -2.50. The summed E-state index contributed by atoms with van der Waals surface area (Å²) in [6, 6.07) is 1.58. The number of aliphatic hydroxyl groups is 1. The number of hydrogen-bond acceptors (Lipinski definition) is 6. The van der Waals surface area contributed by atoms with Crippen molar-refractivity contribution < 1.29 is 34.8 Å². The van der Waals surface area contributed by atoms with Crippen molar-refractivity contribution >= 4 is 28.9 Å². The van der Waals surface area contributed by atoms with Crippen LogP contribution in [0.25, 0.3) is 0 Å². The van der Waals surface area contributed by atoms with Crippen molar-refractivity contribution in [2.45, 2.75) is 96.8 Å². The molecule has 2 aliphatic carbocycles. The van der Waals surface area contributed by atoms with Gasteiger partial charge in [-0.1, -0.05) is 23.5 Å². The van der Waals surface area contributed by atoms with Crippen LogP contribution in [0.5, 0.6) is 0 Å². The number of nitrogens with zero attached hydrogens (tertiary/aromatic N) is 1. The lowest BCUT2D eigenvalue weighted by molar-refractivity contribution is -0.124. The van der Waals surface area contributed by atoms with Gasteiger partial charge < -0.3 is 30.1 Å². The molecular weight excluding hydrogens is 518 g/mol. The van der Waals surface area contributed by atoms with E-state index in [-0.39, 0.29) is 46.3 Å². The Bertz CT molecular complexity index is 1110. The van der Waals surface area contributed by atoms with Crippen LogP contribution in [0.2, 0.25) is 0 Å². The molecular formula is C30H43NO7S. The van der Waals surface area contributed by atoms with Gasteiger partial charge in [0.2, 0.25) is 5.91 Å². The van der Waals surface area contributed by atoms with E-state index < -0.39 is 11.6 Å². The van der Waals surface area contributed by atoms with Crippen LogP contribution in [0.3, 0.4) is 0 Å². The number of anilines is 1. The van der Waals surface area contributed by atoms with Gasteiger partial charge in [0, 0.05) is 24.0 Å². The second kappa shape index (κ2) is 13.0. The average molecular weight is 562 g/mol. The van der Waals surface area contributed by atoms with E-state index in [2.05, 4.69) is 24.8 Å². The molecule has 9 heteroatoms. The maximum Gasteiger partial charge on any atom is 0.348 e. The number of thiophene rings is 1. The summed E-state index contributed by atoms with van der Waals surface area (Å²) in [6.45, 7) is 9.61. The number of carbonyl (C=O) groups is 2. The number of ether oxygens (including phenoxy) is 2. The van der Waals surface area contributed by atoms with Gasteiger partial charge in [-0.25, -0.2) is 4.79 Å². The quantitative estimate of drug-likeness (QED) is 0.371. The highest BCUT2D eigenvalue weighted by Crippen LogP contribution is 2.40. The fourth-order valence-electron chi connectivity index (χ4n) is 5.37. The van der Waals surface area contributed by atoms with Gasteiger partial charge in [0.1, 0.15) is 4.88 Å². The van der Waals surface area contributed by atoms with Crippen LogP contribution in [0, 0.1) is 23.2 Å². The zero-order valence-electron chi connectivity index (χ0n) is 23.5. The molecule has 216 valence electrons. The summed E-state index contributed by atoms with van der Waals surface area (Å²) in [7, 11) is 0. The third kappa shape index (κ3) is 8.15. The molecule has 2 heterocycles. The first-order valence-electron chi connectivity index (χ1n) is 13.7. The lowest BCUT2D eigenvalue weighted by Gasteiger charge is -2.42. The zero-order valence-corrected chi connectivity index (χ0v) is 24.4. The average Bonchev–Trinajstić information content (AvgIpc) is 3.53. The highest BCUT2D eigenvalue weighted by Gasteiger charge is 2.41. The molecule has 0 unspecified atom stereocenters. The molecule has 0 aromatic carbocycles. The van der Waals surface area contributed by atoms with E-state index in [1.807, 2.05) is 20.8 Å². The van der Waals surface area contributed by atoms with Gasteiger partial charge in [0.15, 0.2) is 0 Å². The first kappa shape index (κ1) is 31.3. The van der Waals surface area contributed by atoms with Crippen molar-refractivity contribution in [1.29, 1.82) is 0 Å². The summed E-state index contributed by atoms with van der Waals surface area (Å²) in [5.74, 6) is 5.05. The van der Waals surface area contributed by atoms with Crippen molar-refractivity contribution in [1.82, 2.24) is 0 Å². The van der Waals surface area contributed by atoms with E-state index in [9.17, 15) is 19.8 Å². The van der Waals surface area contributed by atoms with E-state index in [0.717, 1.165) is 30.6 Å². The predicted octanol–water partition coefficient (Wildman–Crippen LogP) is 4.58. The Morgan fingerprint density at radius 1 is 1.23 bits per heavy atom. The minimum absolute atomic E-state index is 0. The maximum atomic E-state index is 14.0. The van der Waals surface area contributed by atoms with Gasteiger partial charge in [-0.05, 0) is 85.1 Å². The van der Waals surface area contributed by atoms with Crippen LogP contribution < -0.4 is 4.90 Å². The monoisotopic (exact) mass is 561 g/mol. The topological polar surface area (TPSA) is 128 Å². The van der Waals surface area contributed by atoms with E-state index in [4.69, 9.17) is 9.47 Å². The van der Waals surface area contributed by atoms with Crippen LogP contribution >= 0.6 is 11.3 Å². The Morgan fingerprint density at radius 2 is 1.95 bits per heavy atom. The van der Waals surface area contributed by atoms with Gasteiger partial charge in [0.05, 0.1) is 35.5 Å². The van der Waals surface area contributed by atoms with Crippen LogP contribution in [0.4, 0.5) is 5.69 Å². The van der Waals surface area contributed by atoms with Crippen molar-refractivity contribution in [3.05, 3.63) is 27.5 Å². The SMILES string of the molecule is CC1=CC[C@H](C(=O)N(c2cc(C#CC(C)(C)C)sc2C(=O)O)[C@H]2CC[C@@](O)(CO[C@H]3CCOC3)CC2)CC1.O. The summed E-state index contributed by atoms with van der Waals surface area (Å²) in [4.78, 5) is 28.9. The largest absolute Gasteiger partial charge is 0.477 e. The molecule has 8 nitrogen and oxygen atoms in total. The number of carboxylic acids is 1. The summed E-state index contributed by atoms with van der Waals surface area (Å²) < 4.78 is 11.3. The fraction of sp³-hybridized carbons (Fsp3) is 0.667. The molecule has 4 N–H and O–H groups in total. The summed E-state index contributed by atoms with van der Waals surface area (Å²) in [6.07, 6.45) is 7.41. The second-order valence-electron chi connectivity index (χ2n) is 12.1. The second-order valence-corrected chi connectivity index (χ2v) is 13.2. The van der Waals surface area contributed by atoms with Gasteiger partial charge >= 0.3 is 5.97 Å². The van der Waals surface area contributed by atoms with Crippen LogP contribution in [-0.2, 0) is 14.3 Å². The number of carboxylic acid groups (broad SMARTS) is 1. The third-order valence-corrected chi connectivity index (χ3v) is 8.71. The van der Waals surface area contributed by atoms with Crippen molar-refractivity contribution in [3.8, 4) is 11.8 Å². The number of rotatable bonds is 7. The molecule has 2 atom stereocenters. The molecule has 0 spiro atoms. The molecule has 4 rings (SSSR count). The lowest BCUT2D eigenvalue weighted by atomic mass is 9.81. The van der Waals surface area contributed by atoms with Crippen LogP contribution in [0.15, 0.2) is 17.7 Å². The Balaban J connectivity index is 0.00000420. The fourth-order valence-corrected chi connectivity index (χ4v) is 6.21. The number of carbonyl (C=O) groups excluding carboxylic acids is 1. The molecule has 1 saturated heterocycles. The molecule has 1 aromatic rings. The summed E-state index contributed by atoms with van der Waals surface area (Å²) >= 11 is 1.13. The van der Waals surface area contributed by atoms with E-state index in [1.165, 1.54) is 5.57 Å². The molecule has 1 amide bonds. The highest BCUT2D eigenvalue weighted by molar-refractivity contribution is 7.15. The van der Waals surface area contributed by atoms with Crippen LogP contribution in [0.1, 0.15) is 93.6 Å². The molecule has 0 bridgehead atoms. The smallest absolute Gasteiger partial charge is 0.348 e. The van der Waals surface area contributed by atoms with E-state index in [1.54, 1.807) is 11.0 Å². The number of allylic oxidation sites excluding steroid dienone is 2. The molecule has 1 aliphatic heterocycles. The zero-order chi connectivity index (χ0) is 27.5. The minimum Gasteiger partial charge on any atom is -0.477 e. The number of aromatic carboxylic acids is 1. The summed E-state index contributed by atoms with van der Waals surface area (Å²) in [5, 5.41) is 21.3. The van der Waals surface area contributed by atoms with Gasteiger partial charge in [0.25, 0.3) is 0 Å². The molecule has 0 radical (unpaired) electrons. The third-order valence-electron chi connectivity index (χ3n) is 7.68. The highest BCUT2D eigenvalue weighted by atomic mass is 32.1. The Morgan fingerprint density at radius 3 is 2.51 bits per heavy atom. The first-order chi connectivity index (χ1) is 17.9. The predicted molar refractivity (Wildman–Crippen MR) is 152 cm³/mol. The molecule has 1 aromatic heterocycles. The number of hydrogen-bond donors (Lipinski definition) is 2. The molecule has 39 heavy (non-hydrogen) atoms. The van der Waals surface area contributed by atoms with Crippen molar-refractivity contribution in [2.24, 2.45) is 11.3 Å². The van der Waals surface area contributed by atoms with E-state index in [0.29, 0.717) is 55.9 Å². The standard InChI is InChI=1S/C30H41NO6S.H2O/c1-20-5-7-21(8-6-20)27(32)31(25-17-24(11-13-29(2,3)4)38-26(25)28(33)34)22-9-14-30(35,15-10-22)19-37-23-12-16-36-18-23;/h5,17,21-23,35H,6-10,12,14-16,18-19H2,1-4H3,(H,33,34);1H2/t21-,22-,23-,30-;/m0./s1. The minimum atomic E-state index is -1.05. The molecule has 2 fully saturated rings. The van der Waals surface area contributed by atoms with Gasteiger partial charge in [-0.3, -0.25) is 4.79 Å².